The number of hydrogen-bond donors (Lipinski definition) is 1. The van der Waals surface area contributed by atoms with Crippen LogP contribution in [0.2, 0.25) is 5.02 Å². The number of nitrogens with one attached hydrogen (secondary N) is 1. The Labute approximate surface area is 188 Å². The highest BCUT2D eigenvalue weighted by atomic mass is 35.5. The first-order chi connectivity index (χ1) is 15.8. The van der Waals surface area contributed by atoms with Crippen LogP contribution in [-0.2, 0) is 13.2 Å². The quantitative estimate of drug-likeness (QED) is 0.400. The maximum Gasteiger partial charge on any atom is 0.205 e. The fourth-order valence-electron chi connectivity index (χ4n) is 3.38. The highest BCUT2D eigenvalue weighted by Gasteiger charge is 2.11. The van der Waals surface area contributed by atoms with Gasteiger partial charge in [0.15, 0.2) is 0 Å². The van der Waals surface area contributed by atoms with Gasteiger partial charge in [-0.2, -0.15) is 5.21 Å². The van der Waals surface area contributed by atoms with Crippen LogP contribution < -0.4 is 4.74 Å². The van der Waals surface area contributed by atoms with Crippen molar-refractivity contribution < 1.29 is 4.74 Å². The molecule has 0 unspecified atom stereocenters. The number of halogens is 1. The van der Waals surface area contributed by atoms with Crippen LogP contribution in [0.5, 0.6) is 5.75 Å². The lowest BCUT2D eigenvalue weighted by Gasteiger charge is -2.08. The molecule has 0 aliphatic rings. The van der Waals surface area contributed by atoms with Crippen molar-refractivity contribution in [2.45, 2.75) is 13.2 Å². The molecule has 0 saturated heterocycles. The van der Waals surface area contributed by atoms with E-state index >= 15 is 0 Å². The van der Waals surface area contributed by atoms with Gasteiger partial charge in [-0.15, -0.1) is 15.3 Å². The molecule has 5 rings (SSSR count). The van der Waals surface area contributed by atoms with Crippen molar-refractivity contribution in [3.05, 3.63) is 95.3 Å². The summed E-state index contributed by atoms with van der Waals surface area (Å²) in [6, 6.07) is 23.6. The van der Waals surface area contributed by atoms with E-state index < -0.39 is 0 Å². The van der Waals surface area contributed by atoms with Crippen LogP contribution >= 0.6 is 11.6 Å². The second kappa shape index (κ2) is 8.99. The molecular formula is C23H18ClN7O. The Hall–Kier alpha value is -4.04. The summed E-state index contributed by atoms with van der Waals surface area (Å²) < 4.78 is 7.51. The molecule has 3 aromatic carbocycles. The van der Waals surface area contributed by atoms with Gasteiger partial charge in [-0.3, -0.25) is 0 Å². The van der Waals surface area contributed by atoms with Crippen molar-refractivity contribution >= 4 is 11.6 Å². The van der Waals surface area contributed by atoms with Gasteiger partial charge in [-0.25, -0.2) is 4.68 Å². The third-order valence-corrected chi connectivity index (χ3v) is 5.23. The van der Waals surface area contributed by atoms with Gasteiger partial charge in [0, 0.05) is 5.56 Å². The van der Waals surface area contributed by atoms with E-state index in [0.717, 1.165) is 27.9 Å². The van der Waals surface area contributed by atoms with E-state index in [0.29, 0.717) is 29.7 Å². The molecule has 0 amide bonds. The number of rotatable bonds is 7. The van der Waals surface area contributed by atoms with Crippen molar-refractivity contribution in [2.24, 2.45) is 0 Å². The van der Waals surface area contributed by atoms with E-state index in [1.807, 2.05) is 48.7 Å². The average Bonchev–Trinajstić information content (AvgIpc) is 3.52. The first-order valence-corrected chi connectivity index (χ1v) is 10.3. The van der Waals surface area contributed by atoms with Crippen LogP contribution in [0.4, 0.5) is 0 Å². The van der Waals surface area contributed by atoms with Gasteiger partial charge in [0.2, 0.25) is 5.82 Å². The molecule has 158 valence electrons. The summed E-state index contributed by atoms with van der Waals surface area (Å²) in [7, 11) is 0. The highest BCUT2D eigenvalue weighted by Crippen LogP contribution is 2.29. The molecule has 0 aliphatic carbocycles. The Morgan fingerprint density at radius 1 is 0.875 bits per heavy atom. The number of nitrogens with zero attached hydrogens (tertiary/aromatic N) is 6. The summed E-state index contributed by atoms with van der Waals surface area (Å²) in [5.74, 6) is 1.19. The molecule has 0 radical (unpaired) electrons. The number of H-pyrrole nitrogens is 1. The van der Waals surface area contributed by atoms with Crippen LogP contribution in [0.3, 0.4) is 0 Å². The molecule has 8 nitrogen and oxygen atoms in total. The summed E-state index contributed by atoms with van der Waals surface area (Å²) in [4.78, 5) is 0. The van der Waals surface area contributed by atoms with Gasteiger partial charge in [-0.1, -0.05) is 77.5 Å². The molecular weight excluding hydrogens is 426 g/mol. The van der Waals surface area contributed by atoms with Crippen molar-refractivity contribution in [3.8, 4) is 28.3 Å². The Kier molecular flexibility index (Phi) is 5.59. The summed E-state index contributed by atoms with van der Waals surface area (Å²) in [5.41, 5.74) is 4.88. The number of aromatic amines is 1. The first kappa shape index (κ1) is 19.9. The molecule has 0 fully saturated rings. The Morgan fingerprint density at radius 2 is 1.66 bits per heavy atom. The third kappa shape index (κ3) is 4.35. The largest absolute Gasteiger partial charge is 0.486 e. The van der Waals surface area contributed by atoms with E-state index in [1.54, 1.807) is 10.7 Å². The van der Waals surface area contributed by atoms with Gasteiger partial charge in [0.05, 0.1) is 17.8 Å². The minimum Gasteiger partial charge on any atom is -0.486 e. The van der Waals surface area contributed by atoms with E-state index in [-0.39, 0.29) is 0 Å². The zero-order chi connectivity index (χ0) is 21.8. The van der Waals surface area contributed by atoms with Crippen molar-refractivity contribution in [3.63, 3.8) is 0 Å². The molecule has 0 saturated carbocycles. The number of aromatic nitrogens is 7. The number of tetrazole rings is 1. The van der Waals surface area contributed by atoms with Gasteiger partial charge >= 0.3 is 0 Å². The van der Waals surface area contributed by atoms with Crippen molar-refractivity contribution in [1.29, 1.82) is 0 Å². The predicted octanol–water partition coefficient (Wildman–Crippen LogP) is 4.41. The second-order valence-electron chi connectivity index (χ2n) is 7.10. The smallest absolute Gasteiger partial charge is 0.205 e. The molecule has 0 bridgehead atoms. The van der Waals surface area contributed by atoms with Gasteiger partial charge < -0.3 is 4.74 Å². The highest BCUT2D eigenvalue weighted by molar-refractivity contribution is 6.32. The minimum atomic E-state index is 0.301. The summed E-state index contributed by atoms with van der Waals surface area (Å²) in [5, 5.41) is 23.3. The molecule has 5 aromatic rings. The first-order valence-electron chi connectivity index (χ1n) is 9.95. The van der Waals surface area contributed by atoms with Crippen LogP contribution in [0.1, 0.15) is 11.3 Å². The van der Waals surface area contributed by atoms with E-state index in [4.69, 9.17) is 16.3 Å². The minimum absolute atomic E-state index is 0.301. The van der Waals surface area contributed by atoms with Crippen LogP contribution in [-0.4, -0.2) is 35.6 Å². The van der Waals surface area contributed by atoms with Crippen molar-refractivity contribution in [2.75, 3.05) is 0 Å². The Balaban J connectivity index is 1.27. The monoisotopic (exact) mass is 443 g/mol. The predicted molar refractivity (Wildman–Crippen MR) is 120 cm³/mol. The lowest BCUT2D eigenvalue weighted by Crippen LogP contribution is -2.00. The molecule has 1 N–H and O–H groups in total. The molecule has 9 heteroatoms. The van der Waals surface area contributed by atoms with Gasteiger partial charge in [0.25, 0.3) is 0 Å². The molecule has 0 atom stereocenters. The zero-order valence-electron chi connectivity index (χ0n) is 16.9. The molecule has 0 spiro atoms. The van der Waals surface area contributed by atoms with Crippen molar-refractivity contribution in [1.82, 2.24) is 35.6 Å². The molecule has 2 heterocycles. The SMILES string of the molecule is Clc1ccccc1OCc1cn(Cc2ccc(-c3ccccc3-c3nn[nH]n3)cc2)nn1. The Morgan fingerprint density at radius 3 is 2.44 bits per heavy atom. The lowest BCUT2D eigenvalue weighted by atomic mass is 9.98. The van der Waals surface area contributed by atoms with E-state index in [2.05, 4.69) is 55.2 Å². The molecule has 32 heavy (non-hydrogen) atoms. The number of para-hydroxylation sites is 1. The van der Waals surface area contributed by atoms with Gasteiger partial charge in [-0.05, 0) is 34.0 Å². The zero-order valence-corrected chi connectivity index (χ0v) is 17.6. The average molecular weight is 444 g/mol. The maximum absolute atomic E-state index is 6.12. The van der Waals surface area contributed by atoms with E-state index in [9.17, 15) is 0 Å². The lowest BCUT2D eigenvalue weighted by molar-refractivity contribution is 0.301. The molecule has 2 aromatic heterocycles. The fraction of sp³-hybridized carbons (Fsp3) is 0.0870. The normalized spacial score (nSPS) is 10.9. The summed E-state index contributed by atoms with van der Waals surface area (Å²) >= 11 is 6.12. The van der Waals surface area contributed by atoms with Crippen LogP contribution in [0, 0.1) is 0 Å². The number of ether oxygens (including phenoxy) is 1. The third-order valence-electron chi connectivity index (χ3n) is 4.92. The summed E-state index contributed by atoms with van der Waals surface area (Å²) in [6.07, 6.45) is 1.87. The Bertz CT molecular complexity index is 1320. The summed E-state index contributed by atoms with van der Waals surface area (Å²) in [6.45, 7) is 0.904. The topological polar surface area (TPSA) is 94.4 Å². The molecule has 0 aliphatic heterocycles. The van der Waals surface area contributed by atoms with Crippen LogP contribution in [0.25, 0.3) is 22.5 Å². The number of hydrogen-bond acceptors (Lipinski definition) is 6. The fourth-order valence-corrected chi connectivity index (χ4v) is 3.57. The van der Waals surface area contributed by atoms with E-state index in [1.165, 1.54) is 0 Å². The maximum atomic E-state index is 6.12. The second-order valence-corrected chi connectivity index (χ2v) is 7.51. The number of benzene rings is 3. The van der Waals surface area contributed by atoms with Crippen LogP contribution in [0.15, 0.2) is 79.0 Å². The van der Waals surface area contributed by atoms with Gasteiger partial charge in [0.1, 0.15) is 18.1 Å². The standard InChI is InChI=1S/C23H18ClN7O/c24-21-7-3-4-8-22(21)32-15-18-14-31(30-25-18)13-16-9-11-17(12-10-16)19-5-1-2-6-20(19)23-26-28-29-27-23/h1-12,14H,13,15H2,(H,26,27,28,29).